The van der Waals surface area contributed by atoms with Gasteiger partial charge in [0.2, 0.25) is 0 Å². The number of unbranched alkanes of at least 4 members (excludes halogenated alkanes) is 21. The smallest absolute Gasteiger partial charge is 0.362 e. The molecule has 0 heterocycles. The molecule has 1 N–H and O–H groups in total. The van der Waals surface area contributed by atoms with Crippen molar-refractivity contribution in [1.29, 1.82) is 0 Å². The van der Waals surface area contributed by atoms with E-state index >= 15 is 0 Å². The number of rotatable bonds is 45. The Morgan fingerprint density at radius 2 is 0.877 bits per heavy atom. The van der Waals surface area contributed by atoms with Gasteiger partial charge < -0.3 is 23.8 Å². The van der Waals surface area contributed by atoms with Crippen LogP contribution in [0.1, 0.15) is 194 Å². The first-order valence-electron chi connectivity index (χ1n) is 25.9. The predicted octanol–water partition coefficient (Wildman–Crippen LogP) is 15.0. The van der Waals surface area contributed by atoms with Crippen LogP contribution in [0.15, 0.2) is 97.2 Å². The standard InChI is InChI=1S/C57H95NO7/c1-6-8-10-12-14-16-18-20-22-24-26-27-28-30-31-33-35-37-39-41-43-45-47-55(59)64-52-53(51-63-50-49-54(57(61)62)58(3,4)5)65-56(60)48-46-44-42-40-38-36-34-32-29-25-23-21-19-17-15-13-11-9-7-2/h9,11,13,15,17,19,21,23,25,28-30,32,34,36,38,53-54H,6-8,10,12,14,16,18,20,22,24,26-27,31,33,35,37,39-52H2,1-5H3/p+1/b11-9+,15-13+,19-17+,23-21+,29-25+,30-28+,34-32+,38-36+. The minimum Gasteiger partial charge on any atom is -0.477 e. The fraction of sp³-hybridized carbons (Fsp3) is 0.667. The average Bonchev–Trinajstić information content (AvgIpc) is 3.27. The molecule has 0 aliphatic carbocycles. The van der Waals surface area contributed by atoms with Crippen molar-refractivity contribution < 1.29 is 38.2 Å². The summed E-state index contributed by atoms with van der Waals surface area (Å²) in [5.41, 5.74) is 0. The Labute approximate surface area is 398 Å². The van der Waals surface area contributed by atoms with Gasteiger partial charge in [-0.05, 0) is 57.8 Å². The van der Waals surface area contributed by atoms with Crippen LogP contribution in [0.4, 0.5) is 0 Å². The Bertz CT molecular complexity index is 1380. The predicted molar refractivity (Wildman–Crippen MR) is 275 cm³/mol. The zero-order valence-electron chi connectivity index (χ0n) is 42.2. The van der Waals surface area contributed by atoms with Crippen molar-refractivity contribution in [2.45, 2.75) is 206 Å². The highest BCUT2D eigenvalue weighted by Crippen LogP contribution is 2.15. The van der Waals surface area contributed by atoms with Gasteiger partial charge in [-0.2, -0.15) is 0 Å². The molecule has 0 fully saturated rings. The molecule has 0 aliphatic rings. The van der Waals surface area contributed by atoms with E-state index in [0.717, 1.165) is 44.9 Å². The minimum absolute atomic E-state index is 0.0350. The molecule has 370 valence electrons. The van der Waals surface area contributed by atoms with E-state index in [2.05, 4.69) is 38.2 Å². The van der Waals surface area contributed by atoms with Crippen LogP contribution in [0.25, 0.3) is 0 Å². The van der Waals surface area contributed by atoms with E-state index in [9.17, 15) is 19.5 Å². The van der Waals surface area contributed by atoms with Crippen molar-refractivity contribution in [3.05, 3.63) is 97.2 Å². The summed E-state index contributed by atoms with van der Waals surface area (Å²) in [5, 5.41) is 9.65. The van der Waals surface area contributed by atoms with E-state index in [1.165, 1.54) is 109 Å². The Kier molecular flexibility index (Phi) is 44.1. The van der Waals surface area contributed by atoms with Gasteiger partial charge >= 0.3 is 17.9 Å². The van der Waals surface area contributed by atoms with Crippen LogP contribution in [0.2, 0.25) is 0 Å². The number of aliphatic carboxylic acids is 1. The van der Waals surface area contributed by atoms with Crippen LogP contribution < -0.4 is 0 Å². The lowest BCUT2D eigenvalue weighted by molar-refractivity contribution is -0.887. The molecule has 0 saturated carbocycles. The third-order valence-electron chi connectivity index (χ3n) is 11.2. The first-order valence-corrected chi connectivity index (χ1v) is 25.9. The van der Waals surface area contributed by atoms with Crippen LogP contribution in [0.5, 0.6) is 0 Å². The van der Waals surface area contributed by atoms with Crippen molar-refractivity contribution in [3.63, 3.8) is 0 Å². The molecule has 0 radical (unpaired) electrons. The third-order valence-corrected chi connectivity index (χ3v) is 11.2. The monoisotopic (exact) mass is 907 g/mol. The number of esters is 2. The van der Waals surface area contributed by atoms with Gasteiger partial charge in [-0.1, -0.05) is 214 Å². The molecule has 0 aromatic carbocycles. The van der Waals surface area contributed by atoms with Gasteiger partial charge in [0.1, 0.15) is 6.61 Å². The SMILES string of the molecule is CC/C=C/C=C/C=C/C=C/C=C/C=C/C=C/CCCCCC(=O)OC(COCCC(C(=O)O)[N+](C)(C)C)COC(=O)CCCCCCCCC/C=C/CCCCCCCCCCCCC. The molecule has 0 amide bonds. The number of hydrogen-bond donors (Lipinski definition) is 1. The number of quaternary nitrogens is 1. The summed E-state index contributed by atoms with van der Waals surface area (Å²) < 4.78 is 17.3. The molecule has 2 unspecified atom stereocenters. The average molecular weight is 907 g/mol. The normalized spacial score (nSPS) is 13.7. The number of carboxylic acids is 1. The summed E-state index contributed by atoms with van der Waals surface area (Å²) >= 11 is 0. The van der Waals surface area contributed by atoms with Crippen LogP contribution in [0, 0.1) is 0 Å². The fourth-order valence-corrected chi connectivity index (χ4v) is 7.19. The summed E-state index contributed by atoms with van der Waals surface area (Å²) in [4.78, 5) is 37.2. The van der Waals surface area contributed by atoms with Crippen LogP contribution in [-0.2, 0) is 28.6 Å². The molecule has 0 saturated heterocycles. The van der Waals surface area contributed by atoms with Gasteiger partial charge in [0.15, 0.2) is 12.1 Å². The quantitative estimate of drug-likeness (QED) is 0.0214. The molecule has 0 aromatic rings. The summed E-state index contributed by atoms with van der Waals surface area (Å²) in [6.07, 6.45) is 63.2. The summed E-state index contributed by atoms with van der Waals surface area (Å²) in [5.74, 6) is -1.54. The molecule has 8 nitrogen and oxygen atoms in total. The van der Waals surface area contributed by atoms with Crippen molar-refractivity contribution in [3.8, 4) is 0 Å². The van der Waals surface area contributed by atoms with E-state index in [-0.39, 0.29) is 42.7 Å². The number of nitrogens with zero attached hydrogens (tertiary/aromatic N) is 1. The highest BCUT2D eigenvalue weighted by Gasteiger charge is 2.31. The molecule has 0 spiro atoms. The van der Waals surface area contributed by atoms with Crippen LogP contribution >= 0.6 is 0 Å². The van der Waals surface area contributed by atoms with Crippen LogP contribution in [-0.4, -0.2) is 80.6 Å². The molecular formula is C57H96NO7+. The summed E-state index contributed by atoms with van der Waals surface area (Å²) in [6, 6.07) is -0.631. The maximum absolute atomic E-state index is 12.8. The van der Waals surface area contributed by atoms with Gasteiger partial charge in [0.05, 0.1) is 34.4 Å². The molecule has 0 aliphatic heterocycles. The van der Waals surface area contributed by atoms with E-state index in [0.29, 0.717) is 19.3 Å². The van der Waals surface area contributed by atoms with Gasteiger partial charge in [0, 0.05) is 19.3 Å². The highest BCUT2D eigenvalue weighted by atomic mass is 16.6. The summed E-state index contributed by atoms with van der Waals surface area (Å²) in [7, 11) is 5.51. The van der Waals surface area contributed by atoms with Gasteiger partial charge in [-0.3, -0.25) is 9.59 Å². The van der Waals surface area contributed by atoms with E-state index in [1.54, 1.807) is 0 Å². The maximum atomic E-state index is 12.8. The van der Waals surface area contributed by atoms with Gasteiger partial charge in [-0.25, -0.2) is 4.79 Å². The number of ether oxygens (including phenoxy) is 3. The Balaban J connectivity index is 4.35. The van der Waals surface area contributed by atoms with Crippen molar-refractivity contribution in [2.75, 3.05) is 41.0 Å². The molecule has 0 bridgehead atoms. The van der Waals surface area contributed by atoms with Gasteiger partial charge in [0.25, 0.3) is 0 Å². The number of allylic oxidation sites excluding steroid dienone is 16. The highest BCUT2D eigenvalue weighted by molar-refractivity contribution is 5.72. The van der Waals surface area contributed by atoms with E-state index in [1.807, 2.05) is 94.1 Å². The Hall–Kier alpha value is -3.75. The fourth-order valence-electron chi connectivity index (χ4n) is 7.19. The Morgan fingerprint density at radius 3 is 1.34 bits per heavy atom. The third kappa shape index (κ3) is 45.2. The van der Waals surface area contributed by atoms with E-state index < -0.39 is 18.1 Å². The van der Waals surface area contributed by atoms with Crippen molar-refractivity contribution >= 4 is 17.9 Å². The second-order valence-electron chi connectivity index (χ2n) is 18.2. The first kappa shape index (κ1) is 61.2. The zero-order chi connectivity index (χ0) is 47.7. The number of carbonyl (C=O) groups is 3. The minimum atomic E-state index is -0.887. The molecule has 0 aromatic heterocycles. The second-order valence-corrected chi connectivity index (χ2v) is 18.2. The number of likely N-dealkylation sites (N-methyl/N-ethyl adjacent to an activating group) is 1. The van der Waals surface area contributed by atoms with Gasteiger partial charge in [-0.15, -0.1) is 0 Å². The topological polar surface area (TPSA) is 99.1 Å². The number of carbonyl (C=O) groups excluding carboxylic acids is 2. The van der Waals surface area contributed by atoms with Crippen molar-refractivity contribution in [1.82, 2.24) is 0 Å². The van der Waals surface area contributed by atoms with E-state index in [4.69, 9.17) is 14.2 Å². The number of hydrogen-bond acceptors (Lipinski definition) is 6. The molecule has 0 rings (SSSR count). The van der Waals surface area contributed by atoms with Crippen LogP contribution in [0.3, 0.4) is 0 Å². The molecular weight excluding hydrogens is 811 g/mol. The molecule has 2 atom stereocenters. The lowest BCUT2D eigenvalue weighted by Crippen LogP contribution is -2.50. The molecule has 8 heteroatoms. The maximum Gasteiger partial charge on any atom is 0.362 e. The largest absolute Gasteiger partial charge is 0.477 e. The van der Waals surface area contributed by atoms with Crippen molar-refractivity contribution in [2.24, 2.45) is 0 Å². The first-order chi connectivity index (χ1) is 31.6. The Morgan fingerprint density at radius 1 is 0.477 bits per heavy atom. The second kappa shape index (κ2) is 46.8. The zero-order valence-corrected chi connectivity index (χ0v) is 42.2. The lowest BCUT2D eigenvalue weighted by atomic mass is 10.0. The molecule has 65 heavy (non-hydrogen) atoms. The lowest BCUT2D eigenvalue weighted by Gasteiger charge is -2.31. The number of carboxylic acid groups (broad SMARTS) is 1. The summed E-state index contributed by atoms with van der Waals surface area (Å²) in [6.45, 7) is 4.54.